The fourth-order valence-corrected chi connectivity index (χ4v) is 3.55. The second kappa shape index (κ2) is 6.02. The Morgan fingerprint density at radius 2 is 1.61 bits per heavy atom. The summed E-state index contributed by atoms with van der Waals surface area (Å²) in [6.45, 7) is 10.5. The van der Waals surface area contributed by atoms with Crippen molar-refractivity contribution in [2.45, 2.75) is 46.6 Å². The van der Waals surface area contributed by atoms with Gasteiger partial charge in [0, 0.05) is 49.5 Å². The molecule has 1 aromatic heterocycles. The molecule has 2 heterocycles. The Morgan fingerprint density at radius 1 is 1.04 bits per heavy atom. The molecule has 1 aromatic rings. The number of carbonyl (C=O) groups is 2. The number of carbonyl (C=O) groups excluding carboxylic acids is 2. The van der Waals surface area contributed by atoms with Gasteiger partial charge in [-0.15, -0.1) is 0 Å². The first-order chi connectivity index (χ1) is 10.9. The van der Waals surface area contributed by atoms with E-state index < -0.39 is 0 Å². The van der Waals surface area contributed by atoms with Crippen molar-refractivity contribution < 1.29 is 9.59 Å². The van der Waals surface area contributed by atoms with E-state index in [0.29, 0.717) is 32.2 Å². The summed E-state index contributed by atoms with van der Waals surface area (Å²) < 4.78 is 2.31. The number of rotatable bonds is 3. The Hall–Kier alpha value is -1.78. The molecule has 1 saturated heterocycles. The molecule has 0 N–H and O–H groups in total. The van der Waals surface area contributed by atoms with Crippen molar-refractivity contribution in [1.82, 2.24) is 14.4 Å². The van der Waals surface area contributed by atoms with Gasteiger partial charge in [-0.3, -0.25) is 9.59 Å². The quantitative estimate of drug-likeness (QED) is 0.859. The van der Waals surface area contributed by atoms with Crippen molar-refractivity contribution in [1.29, 1.82) is 0 Å². The third-order valence-electron chi connectivity index (χ3n) is 5.00. The van der Waals surface area contributed by atoms with Crippen LogP contribution in [0.1, 0.15) is 54.5 Å². The maximum absolute atomic E-state index is 12.8. The number of hydrogen-bond donors (Lipinski definition) is 0. The first-order valence-electron chi connectivity index (χ1n) is 8.66. The Balaban J connectivity index is 1.68. The number of amides is 2. The van der Waals surface area contributed by atoms with Gasteiger partial charge >= 0.3 is 0 Å². The van der Waals surface area contributed by atoms with E-state index in [1.165, 1.54) is 18.5 Å². The van der Waals surface area contributed by atoms with E-state index in [4.69, 9.17) is 0 Å². The van der Waals surface area contributed by atoms with Gasteiger partial charge in [-0.1, -0.05) is 13.8 Å². The summed E-state index contributed by atoms with van der Waals surface area (Å²) in [4.78, 5) is 28.7. The van der Waals surface area contributed by atoms with E-state index in [0.717, 1.165) is 11.3 Å². The van der Waals surface area contributed by atoms with Crippen LogP contribution in [0, 0.1) is 19.8 Å². The van der Waals surface area contributed by atoms with Crippen LogP contribution in [-0.4, -0.2) is 52.4 Å². The second-order valence-electron chi connectivity index (χ2n) is 7.16. The largest absolute Gasteiger partial charge is 0.345 e. The minimum absolute atomic E-state index is 0.0229. The second-order valence-corrected chi connectivity index (χ2v) is 7.16. The molecular weight excluding hydrogens is 290 g/mol. The van der Waals surface area contributed by atoms with Crippen LogP contribution in [-0.2, 0) is 4.79 Å². The standard InChI is InChI=1S/C18H27N3O2/c1-12(2)17(22)19-7-9-20(10-8-19)18(23)16-11-13(3)21(14(16)4)15-5-6-15/h11-12,15H,5-10H2,1-4H3. The van der Waals surface area contributed by atoms with Gasteiger partial charge in [0.1, 0.15) is 0 Å². The van der Waals surface area contributed by atoms with Crippen molar-refractivity contribution in [3.63, 3.8) is 0 Å². The van der Waals surface area contributed by atoms with Crippen molar-refractivity contribution in [3.8, 4) is 0 Å². The van der Waals surface area contributed by atoms with E-state index >= 15 is 0 Å². The molecule has 0 radical (unpaired) electrons. The third kappa shape index (κ3) is 3.01. The van der Waals surface area contributed by atoms with E-state index in [1.807, 2.05) is 29.7 Å². The molecule has 3 rings (SSSR count). The van der Waals surface area contributed by atoms with E-state index in [-0.39, 0.29) is 17.7 Å². The normalized spacial score (nSPS) is 18.7. The van der Waals surface area contributed by atoms with Crippen LogP contribution < -0.4 is 0 Å². The summed E-state index contributed by atoms with van der Waals surface area (Å²) in [7, 11) is 0. The SMILES string of the molecule is Cc1cc(C(=O)N2CCN(C(=O)C(C)C)CC2)c(C)n1C1CC1. The van der Waals surface area contributed by atoms with Crippen LogP contribution in [0.25, 0.3) is 0 Å². The van der Waals surface area contributed by atoms with Gasteiger partial charge in [0.15, 0.2) is 0 Å². The molecule has 1 aliphatic carbocycles. The summed E-state index contributed by atoms with van der Waals surface area (Å²) >= 11 is 0. The predicted octanol–water partition coefficient (Wildman–Crippen LogP) is 2.38. The van der Waals surface area contributed by atoms with Crippen LogP contribution in [0.2, 0.25) is 0 Å². The molecule has 5 heteroatoms. The Kier molecular flexibility index (Phi) is 4.21. The fraction of sp³-hybridized carbons (Fsp3) is 0.667. The van der Waals surface area contributed by atoms with Crippen molar-refractivity contribution in [2.75, 3.05) is 26.2 Å². The average Bonchev–Trinajstić information content (AvgIpc) is 3.31. The highest BCUT2D eigenvalue weighted by Crippen LogP contribution is 2.38. The summed E-state index contributed by atoms with van der Waals surface area (Å²) in [6.07, 6.45) is 2.44. The van der Waals surface area contributed by atoms with E-state index in [1.54, 1.807) is 0 Å². The lowest BCUT2D eigenvalue weighted by Gasteiger charge is -2.35. The molecule has 0 aromatic carbocycles. The van der Waals surface area contributed by atoms with Crippen molar-refractivity contribution in [2.24, 2.45) is 5.92 Å². The van der Waals surface area contributed by atoms with Gasteiger partial charge < -0.3 is 14.4 Å². The van der Waals surface area contributed by atoms with E-state index in [2.05, 4.69) is 18.4 Å². The van der Waals surface area contributed by atoms with Gasteiger partial charge in [-0.25, -0.2) is 0 Å². The van der Waals surface area contributed by atoms with Crippen LogP contribution in [0.3, 0.4) is 0 Å². The average molecular weight is 317 g/mol. The Bertz CT molecular complexity index is 620. The number of aromatic nitrogens is 1. The molecule has 2 aliphatic rings. The Labute approximate surface area is 138 Å². The fourth-order valence-electron chi connectivity index (χ4n) is 3.55. The van der Waals surface area contributed by atoms with Gasteiger partial charge in [0.05, 0.1) is 5.56 Å². The van der Waals surface area contributed by atoms with Crippen LogP contribution in [0.15, 0.2) is 6.07 Å². The number of nitrogens with zero attached hydrogens (tertiary/aromatic N) is 3. The maximum atomic E-state index is 12.8. The monoisotopic (exact) mass is 317 g/mol. The van der Waals surface area contributed by atoms with Gasteiger partial charge in [-0.05, 0) is 32.8 Å². The summed E-state index contributed by atoms with van der Waals surface area (Å²) in [5.74, 6) is 0.320. The summed E-state index contributed by atoms with van der Waals surface area (Å²) in [6, 6.07) is 2.62. The summed E-state index contributed by atoms with van der Waals surface area (Å²) in [5, 5.41) is 0. The lowest BCUT2D eigenvalue weighted by atomic mass is 10.1. The Morgan fingerprint density at radius 3 is 2.13 bits per heavy atom. The molecule has 2 fully saturated rings. The lowest BCUT2D eigenvalue weighted by molar-refractivity contribution is -0.135. The van der Waals surface area contributed by atoms with Crippen LogP contribution >= 0.6 is 0 Å². The first kappa shape index (κ1) is 16.1. The minimum atomic E-state index is 0.0229. The van der Waals surface area contributed by atoms with Crippen molar-refractivity contribution in [3.05, 3.63) is 23.0 Å². The minimum Gasteiger partial charge on any atom is -0.345 e. The topological polar surface area (TPSA) is 45.6 Å². The molecule has 1 aliphatic heterocycles. The molecule has 0 unspecified atom stereocenters. The molecule has 23 heavy (non-hydrogen) atoms. The number of piperazine rings is 1. The van der Waals surface area contributed by atoms with Gasteiger partial charge in [-0.2, -0.15) is 0 Å². The van der Waals surface area contributed by atoms with Crippen molar-refractivity contribution >= 4 is 11.8 Å². The molecule has 0 spiro atoms. The highest BCUT2D eigenvalue weighted by Gasteiger charge is 2.31. The maximum Gasteiger partial charge on any atom is 0.255 e. The zero-order valence-corrected chi connectivity index (χ0v) is 14.6. The third-order valence-corrected chi connectivity index (χ3v) is 5.00. The summed E-state index contributed by atoms with van der Waals surface area (Å²) in [5.41, 5.74) is 3.11. The number of hydrogen-bond acceptors (Lipinski definition) is 2. The van der Waals surface area contributed by atoms with E-state index in [9.17, 15) is 9.59 Å². The van der Waals surface area contributed by atoms with Gasteiger partial charge in [0.2, 0.25) is 5.91 Å². The highest BCUT2D eigenvalue weighted by molar-refractivity contribution is 5.96. The van der Waals surface area contributed by atoms with Crippen LogP contribution in [0.5, 0.6) is 0 Å². The molecule has 1 saturated carbocycles. The smallest absolute Gasteiger partial charge is 0.255 e. The predicted molar refractivity (Wildman–Crippen MR) is 89.5 cm³/mol. The highest BCUT2D eigenvalue weighted by atomic mass is 16.2. The molecule has 0 atom stereocenters. The zero-order valence-electron chi connectivity index (χ0n) is 14.6. The van der Waals surface area contributed by atoms with Crippen LogP contribution in [0.4, 0.5) is 0 Å². The lowest BCUT2D eigenvalue weighted by Crippen LogP contribution is -2.51. The first-order valence-corrected chi connectivity index (χ1v) is 8.66. The zero-order chi connectivity index (χ0) is 16.7. The molecule has 0 bridgehead atoms. The van der Waals surface area contributed by atoms with Gasteiger partial charge in [0.25, 0.3) is 5.91 Å². The molecule has 126 valence electrons. The molecular formula is C18H27N3O2. The molecule has 2 amide bonds. The molecule has 5 nitrogen and oxygen atoms in total. The number of aryl methyl sites for hydroxylation is 1.